The monoisotopic (exact) mass is 311 g/mol. The summed E-state index contributed by atoms with van der Waals surface area (Å²) in [6, 6.07) is 4.70. The number of nitrogens with one attached hydrogen (secondary N) is 1. The second kappa shape index (κ2) is 7.97. The van der Waals surface area contributed by atoms with Crippen LogP contribution in [0.15, 0.2) is 17.2 Å². The standard InChI is InChI=1S/C13H14ClN3O4/c1-4-21-13(18)10(7-15)17-16-9-5-8(14)11(19-2)6-12(9)20-3/h5-6,16H,4H2,1-3H3. The summed E-state index contributed by atoms with van der Waals surface area (Å²) in [5.41, 5.74) is 2.51. The van der Waals surface area contributed by atoms with Crippen molar-refractivity contribution < 1.29 is 19.0 Å². The van der Waals surface area contributed by atoms with Gasteiger partial charge in [0.05, 0.1) is 31.5 Å². The van der Waals surface area contributed by atoms with Crippen LogP contribution in [0.4, 0.5) is 5.69 Å². The molecule has 0 atom stereocenters. The average molecular weight is 312 g/mol. The zero-order chi connectivity index (χ0) is 15.8. The molecule has 0 spiro atoms. The Balaban J connectivity index is 3.04. The molecule has 0 amide bonds. The molecular weight excluding hydrogens is 298 g/mol. The number of nitriles is 1. The van der Waals surface area contributed by atoms with Crippen LogP contribution >= 0.6 is 11.6 Å². The number of esters is 1. The van der Waals surface area contributed by atoms with Crippen LogP contribution in [-0.4, -0.2) is 32.5 Å². The Bertz CT molecular complexity index is 596. The maximum absolute atomic E-state index is 11.4. The quantitative estimate of drug-likeness (QED) is 0.492. The molecule has 1 rings (SSSR count). The molecule has 7 nitrogen and oxygen atoms in total. The number of methoxy groups -OCH3 is 2. The Morgan fingerprint density at radius 3 is 2.57 bits per heavy atom. The van der Waals surface area contributed by atoms with Crippen LogP contribution in [0.5, 0.6) is 11.5 Å². The number of anilines is 1. The minimum absolute atomic E-state index is 0.150. The van der Waals surface area contributed by atoms with Gasteiger partial charge < -0.3 is 14.2 Å². The van der Waals surface area contributed by atoms with Gasteiger partial charge in [-0.25, -0.2) is 4.79 Å². The van der Waals surface area contributed by atoms with E-state index < -0.39 is 11.7 Å². The number of ether oxygens (including phenoxy) is 3. The number of hydrogen-bond donors (Lipinski definition) is 1. The molecule has 0 aliphatic heterocycles. The van der Waals surface area contributed by atoms with Crippen molar-refractivity contribution in [3.8, 4) is 17.6 Å². The van der Waals surface area contributed by atoms with E-state index in [9.17, 15) is 4.79 Å². The predicted molar refractivity (Wildman–Crippen MR) is 77.9 cm³/mol. The lowest BCUT2D eigenvalue weighted by molar-refractivity contribution is -0.134. The maximum Gasteiger partial charge on any atom is 0.369 e. The summed E-state index contributed by atoms with van der Waals surface area (Å²) in [6.07, 6.45) is 0. The number of benzene rings is 1. The highest BCUT2D eigenvalue weighted by molar-refractivity contribution is 6.43. The summed E-state index contributed by atoms with van der Waals surface area (Å²) in [5.74, 6) is 0.00108. The lowest BCUT2D eigenvalue weighted by atomic mass is 10.3. The molecule has 21 heavy (non-hydrogen) atoms. The summed E-state index contributed by atoms with van der Waals surface area (Å²) >= 11 is 5.99. The second-order valence-electron chi connectivity index (χ2n) is 3.59. The molecule has 0 aromatic heterocycles. The van der Waals surface area contributed by atoms with Gasteiger partial charge in [0, 0.05) is 6.07 Å². The smallest absolute Gasteiger partial charge is 0.369 e. The Labute approximate surface area is 127 Å². The number of hydrazone groups is 1. The van der Waals surface area contributed by atoms with Crippen LogP contribution in [-0.2, 0) is 9.53 Å². The van der Waals surface area contributed by atoms with Crippen molar-refractivity contribution in [1.82, 2.24) is 0 Å². The Morgan fingerprint density at radius 1 is 1.38 bits per heavy atom. The minimum Gasteiger partial charge on any atom is -0.495 e. The molecule has 1 aromatic rings. The first-order chi connectivity index (χ1) is 10.1. The van der Waals surface area contributed by atoms with E-state index in [1.807, 2.05) is 0 Å². The number of halogens is 1. The lowest BCUT2D eigenvalue weighted by Gasteiger charge is -2.11. The van der Waals surface area contributed by atoms with E-state index in [0.717, 1.165) is 0 Å². The van der Waals surface area contributed by atoms with Crippen LogP contribution in [0, 0.1) is 11.3 Å². The summed E-state index contributed by atoms with van der Waals surface area (Å²) in [5, 5.41) is 12.9. The fourth-order valence-electron chi connectivity index (χ4n) is 1.38. The number of carbonyl (C=O) groups excluding carboxylic acids is 1. The molecular formula is C13H14ClN3O4. The molecule has 1 aromatic carbocycles. The Hall–Kier alpha value is -2.46. The minimum atomic E-state index is -0.814. The van der Waals surface area contributed by atoms with E-state index in [1.165, 1.54) is 20.3 Å². The fourth-order valence-corrected chi connectivity index (χ4v) is 1.62. The highest BCUT2D eigenvalue weighted by Gasteiger charge is 2.14. The fraction of sp³-hybridized carbons (Fsp3) is 0.308. The first-order valence-corrected chi connectivity index (χ1v) is 6.27. The third-order valence-corrected chi connectivity index (χ3v) is 2.63. The average Bonchev–Trinajstić information content (AvgIpc) is 2.48. The van der Waals surface area contributed by atoms with Crippen molar-refractivity contribution in [3.05, 3.63) is 17.2 Å². The molecule has 0 unspecified atom stereocenters. The maximum atomic E-state index is 11.4. The van der Waals surface area contributed by atoms with Crippen molar-refractivity contribution >= 4 is 29.0 Å². The van der Waals surface area contributed by atoms with Gasteiger partial charge in [-0.1, -0.05) is 11.6 Å². The summed E-state index contributed by atoms with van der Waals surface area (Å²) in [7, 11) is 2.93. The van der Waals surface area contributed by atoms with E-state index in [4.69, 9.17) is 31.1 Å². The summed E-state index contributed by atoms with van der Waals surface area (Å²) in [6.45, 7) is 1.78. The van der Waals surface area contributed by atoms with E-state index in [-0.39, 0.29) is 6.61 Å². The van der Waals surface area contributed by atoms with Crippen molar-refractivity contribution in [2.24, 2.45) is 5.10 Å². The molecule has 0 bridgehead atoms. The van der Waals surface area contributed by atoms with Gasteiger partial charge in [-0.05, 0) is 13.0 Å². The molecule has 0 aliphatic rings. The van der Waals surface area contributed by atoms with Gasteiger partial charge in [-0.15, -0.1) is 0 Å². The molecule has 0 fully saturated rings. The van der Waals surface area contributed by atoms with Crippen molar-refractivity contribution in [2.75, 3.05) is 26.3 Å². The van der Waals surface area contributed by atoms with Gasteiger partial charge in [-0.3, -0.25) is 5.43 Å². The van der Waals surface area contributed by atoms with Crippen LogP contribution < -0.4 is 14.9 Å². The van der Waals surface area contributed by atoms with Crippen LogP contribution in [0.2, 0.25) is 5.02 Å². The van der Waals surface area contributed by atoms with E-state index >= 15 is 0 Å². The Kier molecular flexibility index (Phi) is 6.30. The van der Waals surface area contributed by atoms with E-state index in [2.05, 4.69) is 10.5 Å². The van der Waals surface area contributed by atoms with Crippen molar-refractivity contribution in [2.45, 2.75) is 6.92 Å². The molecule has 8 heteroatoms. The van der Waals surface area contributed by atoms with Gasteiger partial charge in [0.1, 0.15) is 17.6 Å². The van der Waals surface area contributed by atoms with E-state index in [1.54, 1.807) is 19.1 Å². The molecule has 0 radical (unpaired) electrons. The molecule has 112 valence electrons. The zero-order valence-corrected chi connectivity index (χ0v) is 12.5. The lowest BCUT2D eigenvalue weighted by Crippen LogP contribution is -2.17. The molecule has 1 N–H and O–H groups in total. The molecule has 0 aliphatic carbocycles. The van der Waals surface area contributed by atoms with Crippen LogP contribution in [0.25, 0.3) is 0 Å². The first kappa shape index (κ1) is 16.6. The summed E-state index contributed by atoms with van der Waals surface area (Å²) in [4.78, 5) is 11.4. The van der Waals surface area contributed by atoms with Crippen molar-refractivity contribution in [1.29, 1.82) is 5.26 Å². The topological polar surface area (TPSA) is 92.9 Å². The third kappa shape index (κ3) is 4.26. The van der Waals surface area contributed by atoms with Gasteiger partial charge in [0.15, 0.2) is 0 Å². The van der Waals surface area contributed by atoms with E-state index in [0.29, 0.717) is 22.2 Å². The van der Waals surface area contributed by atoms with Gasteiger partial charge in [0.2, 0.25) is 5.71 Å². The zero-order valence-electron chi connectivity index (χ0n) is 11.8. The molecule has 0 saturated heterocycles. The predicted octanol–water partition coefficient (Wildman–Crippen LogP) is 2.21. The van der Waals surface area contributed by atoms with Crippen LogP contribution in [0.3, 0.4) is 0 Å². The van der Waals surface area contributed by atoms with Crippen LogP contribution in [0.1, 0.15) is 6.92 Å². The number of rotatable bonds is 6. The summed E-state index contributed by atoms with van der Waals surface area (Å²) < 4.78 is 14.9. The normalized spacial score (nSPS) is 10.5. The van der Waals surface area contributed by atoms with Gasteiger partial charge >= 0.3 is 5.97 Å². The first-order valence-electron chi connectivity index (χ1n) is 5.89. The highest BCUT2D eigenvalue weighted by Crippen LogP contribution is 2.35. The number of hydrogen-bond acceptors (Lipinski definition) is 7. The molecule has 0 heterocycles. The number of nitrogens with zero attached hydrogens (tertiary/aromatic N) is 2. The van der Waals surface area contributed by atoms with Gasteiger partial charge in [0.25, 0.3) is 0 Å². The highest BCUT2D eigenvalue weighted by atomic mass is 35.5. The van der Waals surface area contributed by atoms with Gasteiger partial charge in [-0.2, -0.15) is 10.4 Å². The molecule has 0 saturated carbocycles. The Morgan fingerprint density at radius 2 is 2.05 bits per heavy atom. The second-order valence-corrected chi connectivity index (χ2v) is 4.00. The van der Waals surface area contributed by atoms with Crippen molar-refractivity contribution in [3.63, 3.8) is 0 Å². The largest absolute Gasteiger partial charge is 0.495 e. The number of carbonyl (C=O) groups is 1. The third-order valence-electron chi connectivity index (χ3n) is 2.34. The SMILES string of the molecule is CCOC(=O)C(C#N)=NNc1cc(Cl)c(OC)cc1OC.